The smallest absolute Gasteiger partial charge is 0.191 e. The molecule has 1 rings (SSSR count). The average Bonchev–Trinajstić information content (AvgIpc) is 2.81. The highest BCUT2D eigenvalue weighted by Crippen LogP contribution is 2.01. The molecule has 7 nitrogen and oxygen atoms in total. The normalized spacial score (nSPS) is 17.7. The second-order valence-electron chi connectivity index (χ2n) is 6.93. The number of nitrogens with one attached hydrogen (secondary N) is 2. The lowest BCUT2D eigenvalue weighted by Crippen LogP contribution is -2.42. The van der Waals surface area contributed by atoms with E-state index < -0.39 is 0 Å². The van der Waals surface area contributed by atoms with E-state index >= 15 is 0 Å². The van der Waals surface area contributed by atoms with Gasteiger partial charge in [0.15, 0.2) is 5.96 Å². The summed E-state index contributed by atoms with van der Waals surface area (Å²) in [6, 6.07) is 0. The summed E-state index contributed by atoms with van der Waals surface area (Å²) in [5, 5.41) is 6.81. The van der Waals surface area contributed by atoms with Gasteiger partial charge in [-0.1, -0.05) is 0 Å². The number of hydrogen-bond donors (Lipinski definition) is 2. The van der Waals surface area contributed by atoms with Crippen LogP contribution in [0, 0.1) is 0 Å². The average molecular weight is 357 g/mol. The highest BCUT2D eigenvalue weighted by atomic mass is 16.5. The third kappa shape index (κ3) is 11.4. The maximum Gasteiger partial charge on any atom is 0.191 e. The van der Waals surface area contributed by atoms with Crippen molar-refractivity contribution in [2.24, 2.45) is 4.99 Å². The van der Waals surface area contributed by atoms with Crippen molar-refractivity contribution >= 4 is 5.96 Å². The molecule has 0 radical (unpaired) electrons. The second-order valence-corrected chi connectivity index (χ2v) is 6.93. The quantitative estimate of drug-likeness (QED) is 0.312. The molecule has 0 aromatic rings. The molecule has 148 valence electrons. The zero-order chi connectivity index (χ0) is 18.3. The van der Waals surface area contributed by atoms with Crippen LogP contribution in [0.25, 0.3) is 0 Å². The first kappa shape index (κ1) is 22.2. The molecule has 0 saturated carbocycles. The standard InChI is InChI=1S/C18H40N6O/c1-19-18(21-9-14-22(2)11-7-17-25-4)20-8-5-12-24-13-6-10-23(3)15-16-24/h5-17H2,1-4H3,(H2,19,20,21). The number of methoxy groups -OCH3 is 1. The lowest BCUT2D eigenvalue weighted by atomic mass is 10.3. The Bertz CT molecular complexity index is 352. The SMILES string of the molecule is CN=C(NCCCN1CCCN(C)CC1)NCCN(C)CCCOC. The van der Waals surface area contributed by atoms with E-state index in [-0.39, 0.29) is 0 Å². The monoisotopic (exact) mass is 356 g/mol. The summed E-state index contributed by atoms with van der Waals surface area (Å²) in [5.74, 6) is 0.904. The Hall–Kier alpha value is -0.890. The van der Waals surface area contributed by atoms with Crippen molar-refractivity contribution in [3.05, 3.63) is 0 Å². The number of aliphatic imine (C=N–C) groups is 1. The maximum absolute atomic E-state index is 5.09. The molecule has 0 amide bonds. The summed E-state index contributed by atoms with van der Waals surface area (Å²) in [6.07, 6.45) is 3.51. The van der Waals surface area contributed by atoms with Gasteiger partial charge in [-0.3, -0.25) is 4.99 Å². The molecule has 25 heavy (non-hydrogen) atoms. The van der Waals surface area contributed by atoms with Crippen LogP contribution in [-0.2, 0) is 4.74 Å². The van der Waals surface area contributed by atoms with E-state index in [2.05, 4.69) is 44.4 Å². The third-order valence-corrected chi connectivity index (χ3v) is 4.65. The van der Waals surface area contributed by atoms with Crippen LogP contribution in [-0.4, -0.2) is 114 Å². The molecule has 1 fully saturated rings. The van der Waals surface area contributed by atoms with Crippen LogP contribution >= 0.6 is 0 Å². The Morgan fingerprint density at radius 2 is 1.88 bits per heavy atom. The minimum atomic E-state index is 0.828. The van der Waals surface area contributed by atoms with Gasteiger partial charge < -0.3 is 30.1 Å². The second kappa shape index (κ2) is 14.3. The minimum Gasteiger partial charge on any atom is -0.385 e. The van der Waals surface area contributed by atoms with Crippen LogP contribution in [0.1, 0.15) is 19.3 Å². The topological polar surface area (TPSA) is 55.4 Å². The molecule has 0 aromatic carbocycles. The number of guanidine groups is 1. The lowest BCUT2D eigenvalue weighted by Gasteiger charge is -2.21. The fourth-order valence-corrected chi connectivity index (χ4v) is 3.01. The molecule has 0 bridgehead atoms. The fraction of sp³-hybridized carbons (Fsp3) is 0.944. The first-order chi connectivity index (χ1) is 12.2. The Morgan fingerprint density at radius 1 is 1.08 bits per heavy atom. The van der Waals surface area contributed by atoms with Gasteiger partial charge in [-0.05, 0) is 53.0 Å². The van der Waals surface area contributed by atoms with E-state index in [4.69, 9.17) is 4.74 Å². The van der Waals surface area contributed by atoms with Gasteiger partial charge >= 0.3 is 0 Å². The van der Waals surface area contributed by atoms with Gasteiger partial charge in [-0.25, -0.2) is 0 Å². The van der Waals surface area contributed by atoms with E-state index in [0.717, 1.165) is 51.6 Å². The fourth-order valence-electron chi connectivity index (χ4n) is 3.01. The molecule has 0 atom stereocenters. The highest BCUT2D eigenvalue weighted by molar-refractivity contribution is 5.79. The van der Waals surface area contributed by atoms with E-state index in [9.17, 15) is 0 Å². The third-order valence-electron chi connectivity index (χ3n) is 4.65. The Balaban J connectivity index is 2.05. The van der Waals surface area contributed by atoms with Crippen molar-refractivity contribution in [2.75, 3.05) is 93.8 Å². The zero-order valence-electron chi connectivity index (χ0n) is 16.9. The summed E-state index contributed by atoms with van der Waals surface area (Å²) >= 11 is 0. The van der Waals surface area contributed by atoms with Gasteiger partial charge in [-0.15, -0.1) is 0 Å². The molecular formula is C18H40N6O. The molecule has 1 heterocycles. The van der Waals surface area contributed by atoms with Crippen LogP contribution in [0.2, 0.25) is 0 Å². The molecular weight excluding hydrogens is 316 g/mol. The maximum atomic E-state index is 5.09. The molecule has 1 saturated heterocycles. The van der Waals surface area contributed by atoms with Crippen LogP contribution < -0.4 is 10.6 Å². The number of ether oxygens (including phenoxy) is 1. The van der Waals surface area contributed by atoms with Crippen molar-refractivity contribution in [3.8, 4) is 0 Å². The van der Waals surface area contributed by atoms with Gasteiger partial charge in [0.05, 0.1) is 0 Å². The summed E-state index contributed by atoms with van der Waals surface area (Å²) < 4.78 is 5.09. The van der Waals surface area contributed by atoms with Gasteiger partial charge in [0, 0.05) is 60.0 Å². The van der Waals surface area contributed by atoms with Gasteiger partial charge in [0.2, 0.25) is 0 Å². The van der Waals surface area contributed by atoms with E-state index in [1.807, 2.05) is 7.05 Å². The number of hydrogen-bond acceptors (Lipinski definition) is 5. The van der Waals surface area contributed by atoms with Gasteiger partial charge in [0.1, 0.15) is 0 Å². The van der Waals surface area contributed by atoms with Crippen molar-refractivity contribution < 1.29 is 4.74 Å². The van der Waals surface area contributed by atoms with Crippen molar-refractivity contribution in [1.29, 1.82) is 0 Å². The summed E-state index contributed by atoms with van der Waals surface area (Å²) in [6.45, 7) is 10.8. The summed E-state index contributed by atoms with van der Waals surface area (Å²) in [5.41, 5.74) is 0. The number of likely N-dealkylation sites (N-methyl/N-ethyl adjacent to an activating group) is 2. The molecule has 1 aliphatic heterocycles. The number of rotatable bonds is 11. The summed E-state index contributed by atoms with van der Waals surface area (Å²) in [4.78, 5) is 11.6. The van der Waals surface area contributed by atoms with Gasteiger partial charge in [0.25, 0.3) is 0 Å². The Morgan fingerprint density at radius 3 is 2.64 bits per heavy atom. The predicted octanol–water partition coefficient (Wildman–Crippen LogP) is 0.147. The molecule has 0 spiro atoms. The van der Waals surface area contributed by atoms with E-state index in [1.54, 1.807) is 7.11 Å². The van der Waals surface area contributed by atoms with Crippen LogP contribution in [0.5, 0.6) is 0 Å². The van der Waals surface area contributed by atoms with Crippen molar-refractivity contribution in [3.63, 3.8) is 0 Å². The summed E-state index contributed by atoms with van der Waals surface area (Å²) in [7, 11) is 7.95. The van der Waals surface area contributed by atoms with Crippen molar-refractivity contribution in [2.45, 2.75) is 19.3 Å². The van der Waals surface area contributed by atoms with Gasteiger partial charge in [-0.2, -0.15) is 0 Å². The van der Waals surface area contributed by atoms with E-state index in [0.29, 0.717) is 0 Å². The van der Waals surface area contributed by atoms with Crippen LogP contribution in [0.15, 0.2) is 4.99 Å². The van der Waals surface area contributed by atoms with Crippen LogP contribution in [0.4, 0.5) is 0 Å². The first-order valence-corrected chi connectivity index (χ1v) is 9.68. The van der Waals surface area contributed by atoms with E-state index in [1.165, 1.54) is 39.1 Å². The largest absolute Gasteiger partial charge is 0.385 e. The minimum absolute atomic E-state index is 0.828. The first-order valence-electron chi connectivity index (χ1n) is 9.68. The van der Waals surface area contributed by atoms with Crippen LogP contribution in [0.3, 0.4) is 0 Å². The zero-order valence-corrected chi connectivity index (χ0v) is 16.9. The molecule has 0 aliphatic carbocycles. The Labute approximate surface area is 154 Å². The van der Waals surface area contributed by atoms with Crippen molar-refractivity contribution in [1.82, 2.24) is 25.3 Å². The number of nitrogens with zero attached hydrogens (tertiary/aromatic N) is 4. The molecule has 0 aromatic heterocycles. The molecule has 1 aliphatic rings. The lowest BCUT2D eigenvalue weighted by molar-refractivity contribution is 0.180. The predicted molar refractivity (Wildman–Crippen MR) is 107 cm³/mol. The molecule has 0 unspecified atom stereocenters. The highest BCUT2D eigenvalue weighted by Gasteiger charge is 2.11. The molecule has 2 N–H and O–H groups in total. The Kier molecular flexibility index (Phi) is 12.7. The molecule has 7 heteroatoms.